The van der Waals surface area contributed by atoms with Crippen LogP contribution in [0.25, 0.3) is 11.4 Å². The molecule has 0 bridgehead atoms. The van der Waals surface area contributed by atoms with Crippen LogP contribution in [0.15, 0.2) is 53.8 Å². The Morgan fingerprint density at radius 3 is 2.73 bits per heavy atom. The average Bonchev–Trinajstić information content (AvgIpc) is 2.75. The third-order valence-electron chi connectivity index (χ3n) is 5.32. The zero-order valence-corrected chi connectivity index (χ0v) is 16.2. The van der Waals surface area contributed by atoms with Crippen molar-refractivity contribution in [2.45, 2.75) is 12.3 Å². The minimum absolute atomic E-state index is 0.183. The van der Waals surface area contributed by atoms with E-state index in [9.17, 15) is 18.0 Å². The first kappa shape index (κ1) is 20.3. The third-order valence-corrected chi connectivity index (χ3v) is 5.32. The van der Waals surface area contributed by atoms with E-state index in [1.54, 1.807) is 30.3 Å². The van der Waals surface area contributed by atoms with Crippen molar-refractivity contribution >= 4 is 5.95 Å². The lowest BCUT2D eigenvalue weighted by Gasteiger charge is -2.40. The number of allylic oxidation sites excluding steroid dienone is 3. The number of ether oxygens (including phenoxy) is 1. The zero-order chi connectivity index (χ0) is 21.3. The number of aromatic nitrogens is 4. The van der Waals surface area contributed by atoms with Crippen molar-refractivity contribution in [3.63, 3.8) is 0 Å². The van der Waals surface area contributed by atoms with Crippen LogP contribution in [0.2, 0.25) is 0 Å². The van der Waals surface area contributed by atoms with Gasteiger partial charge in [-0.2, -0.15) is 13.2 Å². The van der Waals surface area contributed by atoms with Gasteiger partial charge < -0.3 is 9.64 Å². The molecule has 2 aromatic heterocycles. The largest absolute Gasteiger partial charge is 0.395 e. The molecule has 0 radical (unpaired) electrons. The smallest absolute Gasteiger partial charge is 0.374 e. The second-order valence-corrected chi connectivity index (χ2v) is 7.20. The molecule has 2 aromatic rings. The van der Waals surface area contributed by atoms with Crippen LogP contribution in [0.1, 0.15) is 0 Å². The number of nitrogens with zero attached hydrogens (tertiary/aromatic N) is 5. The third kappa shape index (κ3) is 4.00. The van der Waals surface area contributed by atoms with Gasteiger partial charge in [0.25, 0.3) is 5.56 Å². The van der Waals surface area contributed by atoms with Gasteiger partial charge in [-0.05, 0) is 6.07 Å². The maximum atomic E-state index is 13.5. The lowest BCUT2D eigenvalue weighted by molar-refractivity contribution is -0.181. The van der Waals surface area contributed by atoms with Crippen molar-refractivity contribution in [2.75, 3.05) is 24.6 Å². The molecule has 1 fully saturated rings. The van der Waals surface area contributed by atoms with Gasteiger partial charge in [-0.25, -0.2) is 15.0 Å². The molecule has 4 rings (SSSR count). The van der Waals surface area contributed by atoms with Crippen LogP contribution in [-0.2, 0) is 11.8 Å². The highest BCUT2D eigenvalue weighted by Gasteiger charge is 2.46. The standard InChI is InChI=1S/C20H20F3N5O2/c1-27-18(29)10-16(15-6-7-24-12-25-15)26-19(27)28-8-9-30-17(11-28)13-4-2-3-5-14(13)20(21,22)23/h2-7,10,12-14,17H,8-9,11H2,1H3/t13?,14?,17-/m0/s1. The normalized spacial score (nSPS) is 24.3. The first-order valence-corrected chi connectivity index (χ1v) is 9.47. The number of hydrogen-bond acceptors (Lipinski definition) is 6. The van der Waals surface area contributed by atoms with Gasteiger partial charge in [0.05, 0.1) is 30.0 Å². The predicted octanol–water partition coefficient (Wildman–Crippen LogP) is 2.36. The maximum absolute atomic E-state index is 13.5. The molecule has 1 aliphatic carbocycles. The van der Waals surface area contributed by atoms with Gasteiger partial charge in [0.2, 0.25) is 5.95 Å². The van der Waals surface area contributed by atoms with Crippen molar-refractivity contribution in [3.8, 4) is 11.4 Å². The summed E-state index contributed by atoms with van der Waals surface area (Å²) in [5, 5.41) is 0. The number of rotatable bonds is 3. The lowest BCUT2D eigenvalue weighted by atomic mass is 9.83. The Bertz CT molecular complexity index is 1020. The number of alkyl halides is 3. The molecule has 0 saturated carbocycles. The number of hydrogen-bond donors (Lipinski definition) is 0. The van der Waals surface area contributed by atoms with Crippen molar-refractivity contribution in [1.82, 2.24) is 19.5 Å². The van der Waals surface area contributed by atoms with E-state index in [4.69, 9.17) is 4.74 Å². The number of halogens is 3. The van der Waals surface area contributed by atoms with E-state index in [0.717, 1.165) is 6.08 Å². The fraction of sp³-hybridized carbons (Fsp3) is 0.400. The number of morpholine rings is 1. The second kappa shape index (κ2) is 8.02. The van der Waals surface area contributed by atoms with Gasteiger partial charge in [0, 0.05) is 38.3 Å². The summed E-state index contributed by atoms with van der Waals surface area (Å²) >= 11 is 0. The van der Waals surface area contributed by atoms with Crippen molar-refractivity contribution in [1.29, 1.82) is 0 Å². The molecule has 3 heterocycles. The molecular weight excluding hydrogens is 399 g/mol. The number of anilines is 1. The second-order valence-electron chi connectivity index (χ2n) is 7.20. The quantitative estimate of drug-likeness (QED) is 0.761. The Hall–Kier alpha value is -3.01. The molecule has 0 aromatic carbocycles. The van der Waals surface area contributed by atoms with E-state index in [0.29, 0.717) is 23.9 Å². The molecule has 2 unspecified atom stereocenters. The van der Waals surface area contributed by atoms with E-state index < -0.39 is 24.1 Å². The molecule has 1 saturated heterocycles. The molecule has 0 N–H and O–H groups in total. The van der Waals surface area contributed by atoms with Crippen LogP contribution < -0.4 is 10.5 Å². The summed E-state index contributed by atoms with van der Waals surface area (Å²) in [5.41, 5.74) is 0.587. The molecule has 10 heteroatoms. The minimum atomic E-state index is -4.37. The van der Waals surface area contributed by atoms with Gasteiger partial charge in [-0.1, -0.05) is 24.3 Å². The molecule has 0 amide bonds. The van der Waals surface area contributed by atoms with Gasteiger partial charge >= 0.3 is 6.18 Å². The summed E-state index contributed by atoms with van der Waals surface area (Å²) < 4.78 is 47.6. The molecular formula is C20H20F3N5O2. The van der Waals surface area contributed by atoms with Gasteiger partial charge in [-0.3, -0.25) is 9.36 Å². The Labute approximate surface area is 170 Å². The SMILES string of the molecule is Cn1c(N2CCO[C@H](C3C=CC=CC3C(F)(F)F)C2)nc(-c2ccncn2)cc1=O. The highest BCUT2D eigenvalue weighted by atomic mass is 19.4. The summed E-state index contributed by atoms with van der Waals surface area (Å²) in [7, 11) is 1.58. The Kier molecular flexibility index (Phi) is 5.42. The van der Waals surface area contributed by atoms with Crippen molar-refractivity contribution in [2.24, 2.45) is 18.9 Å². The first-order valence-electron chi connectivity index (χ1n) is 9.47. The summed E-state index contributed by atoms with van der Waals surface area (Å²) in [6.07, 6.45) is 3.57. The van der Waals surface area contributed by atoms with Gasteiger partial charge in [0.15, 0.2) is 0 Å². The predicted molar refractivity (Wildman–Crippen MR) is 104 cm³/mol. The topological polar surface area (TPSA) is 73.1 Å². The molecule has 2 aliphatic rings. The molecule has 0 spiro atoms. The molecule has 7 nitrogen and oxygen atoms in total. The van der Waals surface area contributed by atoms with Crippen LogP contribution in [0.4, 0.5) is 19.1 Å². The molecule has 158 valence electrons. The molecule has 1 aliphatic heterocycles. The van der Waals surface area contributed by atoms with E-state index in [1.165, 1.54) is 29.1 Å². The molecule has 3 atom stereocenters. The van der Waals surface area contributed by atoms with Crippen LogP contribution in [-0.4, -0.2) is 51.5 Å². The lowest BCUT2D eigenvalue weighted by Crippen LogP contribution is -2.50. The summed E-state index contributed by atoms with van der Waals surface area (Å²) in [6, 6.07) is 3.01. The monoisotopic (exact) mass is 419 g/mol. The fourth-order valence-electron chi connectivity index (χ4n) is 3.78. The van der Waals surface area contributed by atoms with E-state index in [2.05, 4.69) is 15.0 Å². The minimum Gasteiger partial charge on any atom is -0.374 e. The van der Waals surface area contributed by atoms with Crippen molar-refractivity contribution in [3.05, 3.63) is 59.3 Å². The average molecular weight is 419 g/mol. The molecule has 30 heavy (non-hydrogen) atoms. The maximum Gasteiger partial charge on any atom is 0.395 e. The highest BCUT2D eigenvalue weighted by Crippen LogP contribution is 2.39. The van der Waals surface area contributed by atoms with E-state index >= 15 is 0 Å². The van der Waals surface area contributed by atoms with E-state index in [1.807, 2.05) is 0 Å². The zero-order valence-electron chi connectivity index (χ0n) is 16.2. The Balaban J connectivity index is 1.64. The van der Waals surface area contributed by atoms with Gasteiger partial charge in [-0.15, -0.1) is 0 Å². The Morgan fingerprint density at radius 1 is 1.20 bits per heavy atom. The fourth-order valence-corrected chi connectivity index (χ4v) is 3.78. The van der Waals surface area contributed by atoms with Crippen LogP contribution in [0.3, 0.4) is 0 Å². The van der Waals surface area contributed by atoms with E-state index in [-0.39, 0.29) is 18.7 Å². The highest BCUT2D eigenvalue weighted by molar-refractivity contribution is 5.55. The van der Waals surface area contributed by atoms with Gasteiger partial charge in [0.1, 0.15) is 6.33 Å². The summed E-state index contributed by atoms with van der Waals surface area (Å²) in [5.74, 6) is -2.10. The van der Waals surface area contributed by atoms with Crippen LogP contribution >= 0.6 is 0 Å². The summed E-state index contributed by atoms with van der Waals surface area (Å²) in [6.45, 7) is 0.826. The van der Waals surface area contributed by atoms with Crippen LogP contribution in [0.5, 0.6) is 0 Å². The van der Waals surface area contributed by atoms with Crippen LogP contribution in [0, 0.1) is 11.8 Å². The first-order chi connectivity index (χ1) is 14.3. The summed E-state index contributed by atoms with van der Waals surface area (Å²) in [4.78, 5) is 26.8. The van der Waals surface area contributed by atoms with Crippen molar-refractivity contribution < 1.29 is 17.9 Å². The Morgan fingerprint density at radius 2 is 2.00 bits per heavy atom.